The molecule has 1 N–H and O–H groups in total. The van der Waals surface area contributed by atoms with E-state index in [9.17, 15) is 9.50 Å². The number of hydrogen-bond acceptors (Lipinski definition) is 1. The van der Waals surface area contributed by atoms with Crippen LogP contribution < -0.4 is 0 Å². The summed E-state index contributed by atoms with van der Waals surface area (Å²) in [7, 11) is 0. The van der Waals surface area contributed by atoms with Gasteiger partial charge < -0.3 is 5.11 Å². The normalized spacial score (nSPS) is 24.6. The van der Waals surface area contributed by atoms with Gasteiger partial charge in [-0.2, -0.15) is 0 Å². The number of aliphatic hydroxyl groups is 1. The molecule has 2 rings (SSSR count). The van der Waals surface area contributed by atoms with Crippen molar-refractivity contribution in [3.8, 4) is 0 Å². The van der Waals surface area contributed by atoms with Gasteiger partial charge in [-0.05, 0) is 37.7 Å². The first-order valence-corrected chi connectivity index (χ1v) is 8.06. The van der Waals surface area contributed by atoms with Crippen molar-refractivity contribution in [2.45, 2.75) is 64.9 Å². The average Bonchev–Trinajstić information content (AvgIpc) is 2.47. The van der Waals surface area contributed by atoms with Crippen molar-refractivity contribution < 1.29 is 9.50 Å². The monoisotopic (exact) mass is 278 g/mol. The van der Waals surface area contributed by atoms with E-state index in [0.29, 0.717) is 5.56 Å². The van der Waals surface area contributed by atoms with Crippen molar-refractivity contribution in [2.24, 2.45) is 11.8 Å². The number of unbranched alkanes of at least 4 members (excludes halogenated alkanes) is 1. The second-order valence-corrected chi connectivity index (χ2v) is 6.39. The maximum absolute atomic E-state index is 13.9. The molecule has 1 fully saturated rings. The van der Waals surface area contributed by atoms with Crippen LogP contribution in [0.15, 0.2) is 18.2 Å². The number of rotatable bonds is 5. The van der Waals surface area contributed by atoms with E-state index in [1.165, 1.54) is 38.2 Å². The highest BCUT2D eigenvalue weighted by atomic mass is 19.1. The molecular weight excluding hydrogens is 251 g/mol. The molecule has 0 heterocycles. The number of benzene rings is 1. The minimum atomic E-state index is -0.637. The summed E-state index contributed by atoms with van der Waals surface area (Å²) in [5.74, 6) is 0.779. The Hall–Kier alpha value is -0.890. The third kappa shape index (κ3) is 3.82. The van der Waals surface area contributed by atoms with E-state index >= 15 is 0 Å². The van der Waals surface area contributed by atoms with Gasteiger partial charge in [0.25, 0.3) is 0 Å². The van der Waals surface area contributed by atoms with Crippen LogP contribution in [-0.4, -0.2) is 5.11 Å². The molecule has 1 nitrogen and oxygen atoms in total. The van der Waals surface area contributed by atoms with Crippen molar-refractivity contribution in [3.63, 3.8) is 0 Å². The fraction of sp³-hybridized carbons (Fsp3) is 0.667. The molecule has 0 radical (unpaired) electrons. The van der Waals surface area contributed by atoms with Gasteiger partial charge in [0.15, 0.2) is 0 Å². The van der Waals surface area contributed by atoms with Crippen LogP contribution >= 0.6 is 0 Å². The summed E-state index contributed by atoms with van der Waals surface area (Å²) in [6.07, 6.45) is 7.69. The smallest absolute Gasteiger partial charge is 0.129 e. The van der Waals surface area contributed by atoms with Gasteiger partial charge in [-0.1, -0.05) is 56.7 Å². The summed E-state index contributed by atoms with van der Waals surface area (Å²) < 4.78 is 13.9. The third-order valence-electron chi connectivity index (χ3n) is 4.77. The van der Waals surface area contributed by atoms with Crippen LogP contribution in [0.5, 0.6) is 0 Å². The van der Waals surface area contributed by atoms with Crippen LogP contribution in [0.4, 0.5) is 4.39 Å². The van der Waals surface area contributed by atoms with Gasteiger partial charge in [-0.3, -0.25) is 0 Å². The van der Waals surface area contributed by atoms with E-state index in [0.717, 1.165) is 24.3 Å². The second-order valence-electron chi connectivity index (χ2n) is 6.39. The average molecular weight is 278 g/mol. The van der Waals surface area contributed by atoms with E-state index in [1.807, 2.05) is 6.92 Å². The molecule has 0 spiro atoms. The first kappa shape index (κ1) is 15.5. The Bertz CT molecular complexity index is 421. The molecule has 0 amide bonds. The van der Waals surface area contributed by atoms with Crippen LogP contribution in [0.3, 0.4) is 0 Å². The Morgan fingerprint density at radius 1 is 1.25 bits per heavy atom. The lowest BCUT2D eigenvalue weighted by molar-refractivity contribution is 0.0691. The predicted octanol–water partition coefficient (Wildman–Crippen LogP) is 5.16. The van der Waals surface area contributed by atoms with Gasteiger partial charge in [0, 0.05) is 5.56 Å². The Labute approximate surface area is 122 Å². The SMILES string of the molecule is CCCCC1CCC(C(O)c2cc(C)ccc2F)CC1. The highest BCUT2D eigenvalue weighted by Crippen LogP contribution is 2.39. The molecule has 1 atom stereocenters. The molecule has 1 aliphatic carbocycles. The summed E-state index contributed by atoms with van der Waals surface area (Å²) in [5.41, 5.74) is 1.50. The quantitative estimate of drug-likeness (QED) is 0.788. The van der Waals surface area contributed by atoms with Gasteiger partial charge in [-0.25, -0.2) is 4.39 Å². The van der Waals surface area contributed by atoms with Gasteiger partial charge >= 0.3 is 0 Å². The van der Waals surface area contributed by atoms with E-state index in [2.05, 4.69) is 6.92 Å². The second kappa shape index (κ2) is 7.21. The molecule has 0 saturated heterocycles. The Morgan fingerprint density at radius 3 is 2.60 bits per heavy atom. The van der Waals surface area contributed by atoms with Gasteiger partial charge in [0.2, 0.25) is 0 Å². The summed E-state index contributed by atoms with van der Waals surface area (Å²) in [5, 5.41) is 10.5. The number of aryl methyl sites for hydroxylation is 1. The fourth-order valence-electron chi connectivity index (χ4n) is 3.43. The molecule has 1 saturated carbocycles. The van der Waals surface area contributed by atoms with E-state index in [1.54, 1.807) is 12.1 Å². The minimum absolute atomic E-state index is 0.226. The van der Waals surface area contributed by atoms with Crippen LogP contribution in [0, 0.1) is 24.6 Å². The van der Waals surface area contributed by atoms with Crippen LogP contribution in [0.25, 0.3) is 0 Å². The van der Waals surface area contributed by atoms with E-state index in [4.69, 9.17) is 0 Å². The first-order chi connectivity index (χ1) is 9.61. The zero-order valence-electron chi connectivity index (χ0n) is 12.7. The zero-order chi connectivity index (χ0) is 14.5. The lowest BCUT2D eigenvalue weighted by Gasteiger charge is -2.32. The van der Waals surface area contributed by atoms with Gasteiger partial charge in [-0.15, -0.1) is 0 Å². The highest BCUT2D eigenvalue weighted by Gasteiger charge is 2.28. The topological polar surface area (TPSA) is 20.2 Å². The maximum atomic E-state index is 13.9. The fourth-order valence-corrected chi connectivity index (χ4v) is 3.43. The zero-order valence-corrected chi connectivity index (χ0v) is 12.7. The van der Waals surface area contributed by atoms with Gasteiger partial charge in [0.05, 0.1) is 6.10 Å². The summed E-state index contributed by atoms with van der Waals surface area (Å²) >= 11 is 0. The van der Waals surface area contributed by atoms with E-state index in [-0.39, 0.29) is 11.7 Å². The predicted molar refractivity (Wildman–Crippen MR) is 81.1 cm³/mol. The Kier molecular flexibility index (Phi) is 5.59. The standard InChI is InChI=1S/C18H27FO/c1-3-4-5-14-7-9-15(10-8-14)18(20)16-12-13(2)6-11-17(16)19/h6,11-12,14-15,18,20H,3-5,7-10H2,1-2H3. The molecule has 0 bridgehead atoms. The molecule has 0 aromatic heterocycles. The van der Waals surface area contributed by atoms with Crippen molar-refractivity contribution >= 4 is 0 Å². The molecule has 1 aromatic rings. The Balaban J connectivity index is 1.94. The van der Waals surface area contributed by atoms with Crippen molar-refractivity contribution in [1.29, 1.82) is 0 Å². The maximum Gasteiger partial charge on any atom is 0.129 e. The van der Waals surface area contributed by atoms with Crippen LogP contribution in [0.2, 0.25) is 0 Å². The summed E-state index contributed by atoms with van der Waals surface area (Å²) in [6.45, 7) is 4.17. The molecular formula is C18H27FO. The summed E-state index contributed by atoms with van der Waals surface area (Å²) in [4.78, 5) is 0. The van der Waals surface area contributed by atoms with Gasteiger partial charge in [0.1, 0.15) is 5.82 Å². The molecule has 112 valence electrons. The Morgan fingerprint density at radius 2 is 1.95 bits per heavy atom. The van der Waals surface area contributed by atoms with Crippen LogP contribution in [0.1, 0.15) is 69.1 Å². The summed E-state index contributed by atoms with van der Waals surface area (Å²) in [6, 6.07) is 5.02. The van der Waals surface area contributed by atoms with Crippen molar-refractivity contribution in [1.82, 2.24) is 0 Å². The van der Waals surface area contributed by atoms with Crippen molar-refractivity contribution in [2.75, 3.05) is 0 Å². The number of aliphatic hydroxyl groups excluding tert-OH is 1. The molecule has 20 heavy (non-hydrogen) atoms. The minimum Gasteiger partial charge on any atom is -0.388 e. The highest BCUT2D eigenvalue weighted by molar-refractivity contribution is 5.26. The number of hydrogen-bond donors (Lipinski definition) is 1. The lowest BCUT2D eigenvalue weighted by atomic mass is 9.76. The lowest BCUT2D eigenvalue weighted by Crippen LogP contribution is -2.21. The largest absolute Gasteiger partial charge is 0.388 e. The number of halogens is 1. The molecule has 2 heteroatoms. The molecule has 1 aliphatic rings. The van der Waals surface area contributed by atoms with E-state index < -0.39 is 6.10 Å². The third-order valence-corrected chi connectivity index (χ3v) is 4.77. The molecule has 1 unspecified atom stereocenters. The van der Waals surface area contributed by atoms with Crippen LogP contribution in [-0.2, 0) is 0 Å². The van der Waals surface area contributed by atoms with Crippen molar-refractivity contribution in [3.05, 3.63) is 35.1 Å². The molecule has 1 aromatic carbocycles. The first-order valence-electron chi connectivity index (χ1n) is 8.06. The molecule has 0 aliphatic heterocycles.